The first-order chi connectivity index (χ1) is 9.38. The monoisotopic (exact) mass is 257 g/mol. The van der Waals surface area contributed by atoms with E-state index < -0.39 is 0 Å². The van der Waals surface area contributed by atoms with Gasteiger partial charge in [-0.3, -0.25) is 0 Å². The summed E-state index contributed by atoms with van der Waals surface area (Å²) in [4.78, 5) is 0. The van der Waals surface area contributed by atoms with Gasteiger partial charge in [0.05, 0.1) is 6.26 Å². The third-order valence-electron chi connectivity index (χ3n) is 4.53. The minimum absolute atomic E-state index is 0.423. The second-order valence-electron chi connectivity index (χ2n) is 5.77. The summed E-state index contributed by atoms with van der Waals surface area (Å²) in [7, 11) is 2.06. The molecule has 1 unspecified atom stereocenters. The molecule has 0 aliphatic heterocycles. The van der Waals surface area contributed by atoms with Gasteiger partial charge in [-0.2, -0.15) is 0 Å². The molecule has 19 heavy (non-hydrogen) atoms. The summed E-state index contributed by atoms with van der Waals surface area (Å²) in [6.07, 6.45) is 10.2. The Hall–Kier alpha value is -1.28. The topological polar surface area (TPSA) is 25.2 Å². The molecule has 2 heteroatoms. The Bertz CT molecular complexity index is 525. The summed E-state index contributed by atoms with van der Waals surface area (Å²) in [6, 6.07) is 8.76. The number of hydrogen-bond donors (Lipinski definition) is 1. The Morgan fingerprint density at radius 1 is 1.21 bits per heavy atom. The van der Waals surface area contributed by atoms with Crippen LogP contribution in [0.3, 0.4) is 0 Å². The van der Waals surface area contributed by atoms with Crippen LogP contribution in [0.15, 0.2) is 34.9 Å². The molecule has 102 valence electrons. The molecule has 1 atom stereocenters. The number of fused-ring (bicyclic) bond motifs is 1. The Balaban J connectivity index is 1.81. The SMILES string of the molecule is CNC(CC1CCCCC1)c1coc2ccccc12. The Labute approximate surface area is 115 Å². The highest BCUT2D eigenvalue weighted by molar-refractivity contribution is 5.81. The molecule has 2 nitrogen and oxygen atoms in total. The van der Waals surface area contributed by atoms with Crippen molar-refractivity contribution in [2.45, 2.75) is 44.6 Å². The van der Waals surface area contributed by atoms with Gasteiger partial charge in [0.15, 0.2) is 0 Å². The highest BCUT2D eigenvalue weighted by atomic mass is 16.3. The molecule has 0 radical (unpaired) electrons. The fourth-order valence-corrected chi connectivity index (χ4v) is 3.42. The van der Waals surface area contributed by atoms with Crippen molar-refractivity contribution in [3.05, 3.63) is 36.1 Å². The van der Waals surface area contributed by atoms with Crippen LogP contribution in [-0.2, 0) is 0 Å². The van der Waals surface area contributed by atoms with Gasteiger partial charge in [0.1, 0.15) is 5.58 Å². The fraction of sp³-hybridized carbons (Fsp3) is 0.529. The van der Waals surface area contributed by atoms with Crippen LogP contribution >= 0.6 is 0 Å². The molecule has 3 rings (SSSR count). The molecule has 1 N–H and O–H groups in total. The quantitative estimate of drug-likeness (QED) is 0.861. The van der Waals surface area contributed by atoms with Crippen LogP contribution in [-0.4, -0.2) is 7.05 Å². The molecule has 1 saturated carbocycles. The zero-order valence-electron chi connectivity index (χ0n) is 11.7. The third-order valence-corrected chi connectivity index (χ3v) is 4.53. The molecule has 0 bridgehead atoms. The smallest absolute Gasteiger partial charge is 0.134 e. The van der Waals surface area contributed by atoms with E-state index in [1.54, 1.807) is 0 Å². The van der Waals surface area contributed by atoms with Gasteiger partial charge in [0.25, 0.3) is 0 Å². The van der Waals surface area contributed by atoms with Gasteiger partial charge in [-0.05, 0) is 25.5 Å². The molecule has 1 aliphatic rings. The normalized spacial score (nSPS) is 18.8. The number of hydrogen-bond acceptors (Lipinski definition) is 2. The largest absolute Gasteiger partial charge is 0.464 e. The summed E-state index contributed by atoms with van der Waals surface area (Å²) in [5, 5.41) is 4.75. The summed E-state index contributed by atoms with van der Waals surface area (Å²) in [6.45, 7) is 0. The van der Waals surface area contributed by atoms with Crippen molar-refractivity contribution in [2.75, 3.05) is 7.05 Å². The van der Waals surface area contributed by atoms with E-state index in [2.05, 4.69) is 24.5 Å². The van der Waals surface area contributed by atoms with E-state index in [0.29, 0.717) is 6.04 Å². The molecule has 1 heterocycles. The van der Waals surface area contributed by atoms with Gasteiger partial charge in [-0.25, -0.2) is 0 Å². The van der Waals surface area contributed by atoms with Gasteiger partial charge >= 0.3 is 0 Å². The highest BCUT2D eigenvalue weighted by Crippen LogP contribution is 2.34. The predicted octanol–water partition coefficient (Wildman–Crippen LogP) is 4.66. The zero-order valence-corrected chi connectivity index (χ0v) is 11.7. The van der Waals surface area contributed by atoms with Crippen LogP contribution in [0.2, 0.25) is 0 Å². The van der Waals surface area contributed by atoms with Crippen LogP contribution in [0.4, 0.5) is 0 Å². The van der Waals surface area contributed by atoms with Crippen molar-refractivity contribution in [1.29, 1.82) is 0 Å². The lowest BCUT2D eigenvalue weighted by Crippen LogP contribution is -2.21. The Kier molecular flexibility index (Phi) is 3.88. The number of benzene rings is 1. The van der Waals surface area contributed by atoms with Crippen LogP contribution in [0.5, 0.6) is 0 Å². The Morgan fingerprint density at radius 3 is 2.79 bits per heavy atom. The maximum absolute atomic E-state index is 5.68. The van der Waals surface area contributed by atoms with Gasteiger partial charge < -0.3 is 9.73 Å². The molecule has 1 aromatic heterocycles. The van der Waals surface area contributed by atoms with E-state index in [1.165, 1.54) is 49.5 Å². The lowest BCUT2D eigenvalue weighted by Gasteiger charge is -2.26. The second-order valence-corrected chi connectivity index (χ2v) is 5.77. The molecule has 0 spiro atoms. The van der Waals surface area contributed by atoms with Crippen molar-refractivity contribution in [3.63, 3.8) is 0 Å². The summed E-state index contributed by atoms with van der Waals surface area (Å²) < 4.78 is 5.68. The summed E-state index contributed by atoms with van der Waals surface area (Å²) in [5.74, 6) is 0.875. The van der Waals surface area contributed by atoms with E-state index in [9.17, 15) is 0 Å². The van der Waals surface area contributed by atoms with Crippen LogP contribution in [0.1, 0.15) is 50.1 Å². The zero-order chi connectivity index (χ0) is 13.1. The molecule has 1 aromatic carbocycles. The van der Waals surface area contributed by atoms with Crippen LogP contribution in [0, 0.1) is 5.92 Å². The van der Waals surface area contributed by atoms with Gasteiger partial charge in [-0.1, -0.05) is 50.3 Å². The van der Waals surface area contributed by atoms with E-state index >= 15 is 0 Å². The minimum atomic E-state index is 0.423. The number of para-hydroxylation sites is 1. The summed E-state index contributed by atoms with van der Waals surface area (Å²) in [5.41, 5.74) is 2.32. The number of rotatable bonds is 4. The molecule has 1 aliphatic carbocycles. The average molecular weight is 257 g/mol. The van der Waals surface area contributed by atoms with E-state index in [-0.39, 0.29) is 0 Å². The van der Waals surface area contributed by atoms with E-state index in [4.69, 9.17) is 4.42 Å². The standard InChI is InChI=1S/C17H23NO/c1-18-16(11-13-7-3-2-4-8-13)15-12-19-17-10-6-5-9-14(15)17/h5-6,9-10,12-13,16,18H,2-4,7-8,11H2,1H3. The molecule has 1 fully saturated rings. The molecule has 0 saturated heterocycles. The number of furan rings is 1. The van der Waals surface area contributed by atoms with Crippen molar-refractivity contribution in [2.24, 2.45) is 5.92 Å². The van der Waals surface area contributed by atoms with E-state index in [0.717, 1.165) is 11.5 Å². The predicted molar refractivity (Wildman–Crippen MR) is 79.2 cm³/mol. The third kappa shape index (κ3) is 2.69. The molecular weight excluding hydrogens is 234 g/mol. The van der Waals surface area contributed by atoms with Gasteiger partial charge in [-0.15, -0.1) is 0 Å². The second kappa shape index (κ2) is 5.79. The maximum Gasteiger partial charge on any atom is 0.134 e. The first kappa shape index (κ1) is 12.7. The minimum Gasteiger partial charge on any atom is -0.464 e. The first-order valence-electron chi connectivity index (χ1n) is 7.52. The van der Waals surface area contributed by atoms with Gasteiger partial charge in [0.2, 0.25) is 0 Å². The lowest BCUT2D eigenvalue weighted by molar-refractivity contribution is 0.305. The summed E-state index contributed by atoms with van der Waals surface area (Å²) >= 11 is 0. The van der Waals surface area contributed by atoms with Crippen molar-refractivity contribution in [3.8, 4) is 0 Å². The van der Waals surface area contributed by atoms with Gasteiger partial charge in [0, 0.05) is 17.0 Å². The average Bonchev–Trinajstić information content (AvgIpc) is 2.90. The number of nitrogens with one attached hydrogen (secondary N) is 1. The van der Waals surface area contributed by atoms with Crippen LogP contribution < -0.4 is 5.32 Å². The molecule has 0 amide bonds. The maximum atomic E-state index is 5.68. The van der Waals surface area contributed by atoms with Crippen LogP contribution in [0.25, 0.3) is 11.0 Å². The molecular formula is C17H23NO. The molecule has 2 aromatic rings. The highest BCUT2D eigenvalue weighted by Gasteiger charge is 2.21. The van der Waals surface area contributed by atoms with Crippen molar-refractivity contribution < 1.29 is 4.42 Å². The Morgan fingerprint density at radius 2 is 2.00 bits per heavy atom. The van der Waals surface area contributed by atoms with Crippen molar-refractivity contribution in [1.82, 2.24) is 5.32 Å². The van der Waals surface area contributed by atoms with E-state index in [1.807, 2.05) is 18.4 Å². The fourth-order valence-electron chi connectivity index (χ4n) is 3.42. The van der Waals surface area contributed by atoms with Crippen molar-refractivity contribution >= 4 is 11.0 Å². The first-order valence-corrected chi connectivity index (χ1v) is 7.52. The lowest BCUT2D eigenvalue weighted by atomic mass is 9.83.